The molecule has 2 amide bonds. The summed E-state index contributed by atoms with van der Waals surface area (Å²) in [5.41, 5.74) is -0.669. The summed E-state index contributed by atoms with van der Waals surface area (Å²) >= 11 is 0. The number of nitrogens with zero attached hydrogens (tertiary/aromatic N) is 2. The zero-order valence-corrected chi connectivity index (χ0v) is 23.7. The second kappa shape index (κ2) is 13.4. The summed E-state index contributed by atoms with van der Waals surface area (Å²) in [7, 11) is -2.65. The Hall–Kier alpha value is -3.28. The van der Waals surface area contributed by atoms with E-state index in [1.165, 1.54) is 18.1 Å². The van der Waals surface area contributed by atoms with E-state index < -0.39 is 40.3 Å². The zero-order valence-electron chi connectivity index (χ0n) is 22.9. The summed E-state index contributed by atoms with van der Waals surface area (Å²) in [6.07, 6.45) is 1.14. The van der Waals surface area contributed by atoms with Crippen LogP contribution in [0.4, 0.5) is 18.9 Å². The predicted molar refractivity (Wildman–Crippen MR) is 146 cm³/mol. The number of alkyl halides is 3. The van der Waals surface area contributed by atoms with E-state index in [1.54, 1.807) is 31.2 Å². The van der Waals surface area contributed by atoms with Crippen molar-refractivity contribution in [3.8, 4) is 5.75 Å². The van der Waals surface area contributed by atoms with E-state index >= 15 is 0 Å². The Labute approximate surface area is 233 Å². The van der Waals surface area contributed by atoms with E-state index in [4.69, 9.17) is 4.74 Å². The van der Waals surface area contributed by atoms with Crippen LogP contribution in [-0.4, -0.2) is 57.1 Å². The molecule has 1 fully saturated rings. The number of nitrogens with one attached hydrogen (secondary N) is 1. The fourth-order valence-electron chi connectivity index (χ4n) is 4.84. The molecule has 1 aliphatic carbocycles. The molecule has 40 heavy (non-hydrogen) atoms. The Bertz CT molecular complexity index is 1260. The van der Waals surface area contributed by atoms with Crippen molar-refractivity contribution < 1.29 is 35.9 Å². The van der Waals surface area contributed by atoms with Gasteiger partial charge in [0.1, 0.15) is 18.3 Å². The van der Waals surface area contributed by atoms with E-state index in [0.717, 1.165) is 50.5 Å². The molecule has 0 unspecified atom stereocenters. The van der Waals surface area contributed by atoms with Gasteiger partial charge in [-0.25, -0.2) is 8.42 Å². The largest absolute Gasteiger partial charge is 0.497 e. The topological polar surface area (TPSA) is 96.0 Å². The van der Waals surface area contributed by atoms with Gasteiger partial charge < -0.3 is 15.0 Å². The number of carbonyl (C=O) groups is 2. The summed E-state index contributed by atoms with van der Waals surface area (Å²) in [6, 6.07) is 9.73. The zero-order chi connectivity index (χ0) is 29.5. The quantitative estimate of drug-likeness (QED) is 0.413. The SMILES string of the molecule is CC[C@@H](C(=O)NC1CCCCC1)N(Cc1ccc(OC)cc1)C(=O)CN(c1cccc(C(F)(F)F)c1)S(C)(=O)=O. The van der Waals surface area contributed by atoms with E-state index in [2.05, 4.69) is 5.32 Å². The number of hydrogen-bond acceptors (Lipinski definition) is 5. The normalized spacial score (nSPS) is 15.2. The van der Waals surface area contributed by atoms with Gasteiger partial charge in [0.25, 0.3) is 0 Å². The van der Waals surface area contributed by atoms with Crippen LogP contribution in [0.5, 0.6) is 5.75 Å². The summed E-state index contributed by atoms with van der Waals surface area (Å²) in [5.74, 6) is -0.470. The van der Waals surface area contributed by atoms with Gasteiger partial charge in [-0.3, -0.25) is 13.9 Å². The van der Waals surface area contributed by atoms with Crippen molar-refractivity contribution in [2.75, 3.05) is 24.2 Å². The van der Waals surface area contributed by atoms with E-state index in [9.17, 15) is 31.2 Å². The maximum Gasteiger partial charge on any atom is 0.416 e. The maximum absolute atomic E-state index is 13.8. The van der Waals surface area contributed by atoms with Gasteiger partial charge in [-0.1, -0.05) is 44.4 Å². The monoisotopic (exact) mass is 583 g/mol. The molecule has 0 saturated heterocycles. The van der Waals surface area contributed by atoms with Crippen LogP contribution in [0, 0.1) is 0 Å². The van der Waals surface area contributed by atoms with Gasteiger partial charge in [0.15, 0.2) is 0 Å². The molecule has 0 radical (unpaired) electrons. The van der Waals surface area contributed by atoms with Crippen molar-refractivity contribution in [1.82, 2.24) is 10.2 Å². The molecule has 0 heterocycles. The number of amides is 2. The first-order valence-corrected chi connectivity index (χ1v) is 15.1. The highest BCUT2D eigenvalue weighted by Crippen LogP contribution is 2.32. The highest BCUT2D eigenvalue weighted by molar-refractivity contribution is 7.92. The average molecular weight is 584 g/mol. The first-order chi connectivity index (χ1) is 18.8. The lowest BCUT2D eigenvalue weighted by Crippen LogP contribution is -2.53. The fourth-order valence-corrected chi connectivity index (χ4v) is 5.68. The molecular formula is C28H36F3N3O5S. The van der Waals surface area contributed by atoms with Crippen LogP contribution >= 0.6 is 0 Å². The number of benzene rings is 2. The molecule has 1 atom stereocenters. The van der Waals surface area contributed by atoms with Gasteiger partial charge in [-0.15, -0.1) is 0 Å². The van der Waals surface area contributed by atoms with Gasteiger partial charge in [-0.05, 0) is 55.2 Å². The minimum atomic E-state index is -4.70. The summed E-state index contributed by atoms with van der Waals surface area (Å²) < 4.78 is 71.3. The van der Waals surface area contributed by atoms with Crippen LogP contribution < -0.4 is 14.4 Å². The average Bonchev–Trinajstić information content (AvgIpc) is 2.91. The summed E-state index contributed by atoms with van der Waals surface area (Å²) in [5, 5.41) is 3.04. The third-order valence-electron chi connectivity index (χ3n) is 6.99. The number of methoxy groups -OCH3 is 1. The fraction of sp³-hybridized carbons (Fsp3) is 0.500. The van der Waals surface area contributed by atoms with E-state index in [0.29, 0.717) is 21.7 Å². The van der Waals surface area contributed by atoms with Crippen molar-refractivity contribution in [2.24, 2.45) is 0 Å². The molecule has 3 rings (SSSR count). The number of halogens is 3. The molecule has 0 spiro atoms. The molecule has 0 aromatic heterocycles. The number of sulfonamides is 1. The molecule has 2 aromatic carbocycles. The maximum atomic E-state index is 13.8. The molecule has 1 N–H and O–H groups in total. The second-order valence-corrected chi connectivity index (χ2v) is 11.9. The third-order valence-corrected chi connectivity index (χ3v) is 8.13. The highest BCUT2D eigenvalue weighted by atomic mass is 32.2. The molecule has 1 saturated carbocycles. The number of anilines is 1. The number of ether oxygens (including phenoxy) is 1. The molecule has 1 aliphatic rings. The van der Waals surface area contributed by atoms with Crippen LogP contribution in [0.1, 0.15) is 56.6 Å². The van der Waals surface area contributed by atoms with Crippen LogP contribution in [0.3, 0.4) is 0 Å². The first kappa shape index (κ1) is 31.3. The van der Waals surface area contributed by atoms with Crippen molar-refractivity contribution in [1.29, 1.82) is 0 Å². The van der Waals surface area contributed by atoms with Crippen LogP contribution in [-0.2, 0) is 32.3 Å². The Kier molecular flexibility index (Phi) is 10.5. The smallest absolute Gasteiger partial charge is 0.416 e. The number of hydrogen-bond donors (Lipinski definition) is 1. The summed E-state index contributed by atoms with van der Waals surface area (Å²) in [6.45, 7) is 0.962. The van der Waals surface area contributed by atoms with Crippen LogP contribution in [0.2, 0.25) is 0 Å². The first-order valence-electron chi connectivity index (χ1n) is 13.2. The Morgan fingerprint density at radius 3 is 2.27 bits per heavy atom. The van der Waals surface area contributed by atoms with Gasteiger partial charge >= 0.3 is 6.18 Å². The van der Waals surface area contributed by atoms with Crippen LogP contribution in [0.15, 0.2) is 48.5 Å². The third kappa shape index (κ3) is 8.36. The highest BCUT2D eigenvalue weighted by Gasteiger charge is 2.34. The minimum absolute atomic E-state index is 0.00846. The molecule has 12 heteroatoms. The summed E-state index contributed by atoms with van der Waals surface area (Å²) in [4.78, 5) is 28.5. The second-order valence-electron chi connectivity index (χ2n) is 9.96. The van der Waals surface area contributed by atoms with Crippen LogP contribution in [0.25, 0.3) is 0 Å². The Balaban J connectivity index is 1.95. The van der Waals surface area contributed by atoms with E-state index in [-0.39, 0.29) is 30.6 Å². The molecule has 220 valence electrons. The standard InChI is InChI=1S/C28H36F3N3O5S/c1-4-25(27(36)32-22-10-6-5-7-11-22)33(18-20-13-15-24(39-2)16-14-20)26(35)19-34(40(3,37)38)23-12-8-9-21(17-23)28(29,30)31/h8-9,12-17,22,25H,4-7,10-11,18-19H2,1-3H3,(H,32,36)/t25-/m0/s1. The Morgan fingerprint density at radius 1 is 1.07 bits per heavy atom. The molecule has 0 aliphatic heterocycles. The lowest BCUT2D eigenvalue weighted by atomic mass is 9.95. The number of carbonyl (C=O) groups excluding carboxylic acids is 2. The lowest BCUT2D eigenvalue weighted by molar-refractivity contribution is -0.140. The van der Waals surface area contributed by atoms with Gasteiger partial charge in [-0.2, -0.15) is 13.2 Å². The molecule has 2 aromatic rings. The van der Waals surface area contributed by atoms with Crippen molar-refractivity contribution in [2.45, 2.75) is 70.3 Å². The van der Waals surface area contributed by atoms with E-state index in [1.807, 2.05) is 0 Å². The van der Waals surface area contributed by atoms with Gasteiger partial charge in [0.2, 0.25) is 21.8 Å². The van der Waals surface area contributed by atoms with Gasteiger partial charge in [0.05, 0.1) is 24.6 Å². The minimum Gasteiger partial charge on any atom is -0.497 e. The van der Waals surface area contributed by atoms with Crippen molar-refractivity contribution >= 4 is 27.5 Å². The lowest BCUT2D eigenvalue weighted by Gasteiger charge is -2.34. The molecule has 8 nitrogen and oxygen atoms in total. The van der Waals surface area contributed by atoms with Gasteiger partial charge in [0, 0.05) is 12.6 Å². The Morgan fingerprint density at radius 2 is 1.73 bits per heavy atom. The molecular weight excluding hydrogens is 547 g/mol. The number of rotatable bonds is 11. The van der Waals surface area contributed by atoms with Crippen molar-refractivity contribution in [3.05, 3.63) is 59.7 Å². The molecule has 0 bridgehead atoms. The van der Waals surface area contributed by atoms with Crippen molar-refractivity contribution in [3.63, 3.8) is 0 Å². The predicted octanol–water partition coefficient (Wildman–Crippen LogP) is 4.74.